The summed E-state index contributed by atoms with van der Waals surface area (Å²) in [6.45, 7) is 1.83. The second kappa shape index (κ2) is 6.17. The van der Waals surface area contributed by atoms with Gasteiger partial charge in [0.2, 0.25) is 0 Å². The Hall–Kier alpha value is -1.70. The van der Waals surface area contributed by atoms with Crippen LogP contribution in [0.4, 0.5) is 11.6 Å². The molecule has 2 aromatic heterocycles. The van der Waals surface area contributed by atoms with Crippen molar-refractivity contribution in [1.29, 1.82) is 0 Å². The SMILES string of the molecule is Cc1nc(NC(=O)c2cnc(NN)c(Cl)c2)ccc1Br. The third-order valence-corrected chi connectivity index (χ3v) is 3.63. The molecule has 104 valence electrons. The molecular formula is C12H11BrClN5O. The standard InChI is InChI=1S/C12H11BrClN5O/c1-6-8(13)2-3-10(17-6)18-12(20)7-4-9(14)11(19-15)16-5-7/h2-5H,15H2,1H3,(H,16,19)(H,17,18,20). The molecule has 2 rings (SSSR count). The molecule has 0 unspecified atom stereocenters. The number of carbonyl (C=O) groups is 1. The van der Waals surface area contributed by atoms with Gasteiger partial charge in [-0.3, -0.25) is 4.79 Å². The van der Waals surface area contributed by atoms with E-state index in [2.05, 4.69) is 36.6 Å². The van der Waals surface area contributed by atoms with Gasteiger partial charge in [-0.2, -0.15) is 0 Å². The van der Waals surface area contributed by atoms with Crippen molar-refractivity contribution in [2.24, 2.45) is 5.84 Å². The summed E-state index contributed by atoms with van der Waals surface area (Å²) in [7, 11) is 0. The molecule has 0 spiro atoms. The molecule has 0 bridgehead atoms. The Morgan fingerprint density at radius 3 is 2.80 bits per heavy atom. The highest BCUT2D eigenvalue weighted by Crippen LogP contribution is 2.20. The molecule has 1 amide bonds. The zero-order chi connectivity index (χ0) is 14.7. The number of nitrogen functional groups attached to an aromatic ring is 1. The fourth-order valence-corrected chi connectivity index (χ4v) is 1.91. The van der Waals surface area contributed by atoms with E-state index in [9.17, 15) is 4.79 Å². The second-order valence-corrected chi connectivity index (χ2v) is 5.18. The van der Waals surface area contributed by atoms with Crippen LogP contribution in [0.25, 0.3) is 0 Å². The van der Waals surface area contributed by atoms with Crippen molar-refractivity contribution in [2.75, 3.05) is 10.7 Å². The zero-order valence-electron chi connectivity index (χ0n) is 10.4. The Balaban J connectivity index is 2.19. The largest absolute Gasteiger partial charge is 0.307 e. The highest BCUT2D eigenvalue weighted by Gasteiger charge is 2.11. The number of hydrogen-bond acceptors (Lipinski definition) is 5. The third-order valence-electron chi connectivity index (χ3n) is 2.50. The van der Waals surface area contributed by atoms with Gasteiger partial charge in [-0.25, -0.2) is 15.8 Å². The predicted molar refractivity (Wildman–Crippen MR) is 81.7 cm³/mol. The van der Waals surface area contributed by atoms with E-state index in [0.717, 1.165) is 10.2 Å². The Kier molecular flexibility index (Phi) is 4.53. The second-order valence-electron chi connectivity index (χ2n) is 3.92. The first-order valence-electron chi connectivity index (χ1n) is 5.58. The van der Waals surface area contributed by atoms with Crippen molar-refractivity contribution in [3.8, 4) is 0 Å². The smallest absolute Gasteiger partial charge is 0.258 e. The van der Waals surface area contributed by atoms with Crippen LogP contribution in [0.5, 0.6) is 0 Å². The summed E-state index contributed by atoms with van der Waals surface area (Å²) < 4.78 is 0.874. The molecule has 4 N–H and O–H groups in total. The summed E-state index contributed by atoms with van der Waals surface area (Å²) in [6, 6.07) is 4.98. The van der Waals surface area contributed by atoms with Gasteiger partial charge in [-0.05, 0) is 41.1 Å². The minimum atomic E-state index is -0.350. The van der Waals surface area contributed by atoms with Gasteiger partial charge in [-0.15, -0.1) is 0 Å². The van der Waals surface area contributed by atoms with Crippen LogP contribution in [0.3, 0.4) is 0 Å². The molecular weight excluding hydrogens is 346 g/mol. The molecule has 0 fully saturated rings. The van der Waals surface area contributed by atoms with E-state index < -0.39 is 0 Å². The van der Waals surface area contributed by atoms with Crippen molar-refractivity contribution in [2.45, 2.75) is 6.92 Å². The lowest BCUT2D eigenvalue weighted by molar-refractivity contribution is 0.102. The number of halogens is 2. The topological polar surface area (TPSA) is 92.9 Å². The average Bonchev–Trinajstić information content (AvgIpc) is 2.42. The first kappa shape index (κ1) is 14.7. The van der Waals surface area contributed by atoms with Gasteiger partial charge < -0.3 is 10.7 Å². The molecule has 0 radical (unpaired) electrons. The maximum absolute atomic E-state index is 12.0. The summed E-state index contributed by atoms with van der Waals surface area (Å²) in [5, 5.41) is 2.93. The quantitative estimate of drug-likeness (QED) is 0.581. The van der Waals surface area contributed by atoms with Gasteiger partial charge in [-0.1, -0.05) is 11.6 Å². The maximum atomic E-state index is 12.0. The van der Waals surface area contributed by atoms with E-state index in [1.54, 1.807) is 6.07 Å². The van der Waals surface area contributed by atoms with Crippen LogP contribution >= 0.6 is 27.5 Å². The fraction of sp³-hybridized carbons (Fsp3) is 0.0833. The Morgan fingerprint density at radius 1 is 1.45 bits per heavy atom. The highest BCUT2D eigenvalue weighted by atomic mass is 79.9. The number of nitrogens with two attached hydrogens (primary N) is 1. The molecule has 8 heteroatoms. The first-order valence-corrected chi connectivity index (χ1v) is 6.75. The van der Waals surface area contributed by atoms with Gasteiger partial charge in [0.1, 0.15) is 5.82 Å². The van der Waals surface area contributed by atoms with Crippen molar-refractivity contribution in [3.63, 3.8) is 0 Å². The molecule has 6 nitrogen and oxygen atoms in total. The van der Waals surface area contributed by atoms with Gasteiger partial charge >= 0.3 is 0 Å². The van der Waals surface area contributed by atoms with Crippen LogP contribution in [-0.4, -0.2) is 15.9 Å². The van der Waals surface area contributed by atoms with Crippen molar-refractivity contribution >= 4 is 45.1 Å². The van der Waals surface area contributed by atoms with Gasteiger partial charge in [0.05, 0.1) is 16.3 Å². The van der Waals surface area contributed by atoms with E-state index in [1.165, 1.54) is 12.3 Å². The van der Waals surface area contributed by atoms with E-state index in [-0.39, 0.29) is 10.9 Å². The van der Waals surface area contributed by atoms with E-state index in [0.29, 0.717) is 17.2 Å². The summed E-state index contributed by atoms with van der Waals surface area (Å²) >= 11 is 9.26. The number of carbonyl (C=O) groups excluding carboxylic acids is 1. The molecule has 2 aromatic rings. The summed E-state index contributed by atoms with van der Waals surface area (Å²) in [5.41, 5.74) is 3.43. The van der Waals surface area contributed by atoms with Gasteiger partial charge in [0, 0.05) is 10.7 Å². The molecule has 0 saturated heterocycles. The molecule has 0 aliphatic carbocycles. The molecule has 0 aliphatic heterocycles. The number of hydrazine groups is 1. The van der Waals surface area contributed by atoms with Gasteiger partial charge in [0.25, 0.3) is 5.91 Å². The van der Waals surface area contributed by atoms with E-state index in [1.807, 2.05) is 13.0 Å². The van der Waals surface area contributed by atoms with Crippen LogP contribution in [-0.2, 0) is 0 Å². The van der Waals surface area contributed by atoms with E-state index >= 15 is 0 Å². The number of nitrogens with zero attached hydrogens (tertiary/aromatic N) is 2. The number of rotatable bonds is 3. The van der Waals surface area contributed by atoms with Crippen molar-refractivity contribution in [3.05, 3.63) is 45.1 Å². The number of aromatic nitrogens is 2. The monoisotopic (exact) mass is 355 g/mol. The summed E-state index contributed by atoms with van der Waals surface area (Å²) in [5.74, 6) is 5.63. The van der Waals surface area contributed by atoms with Crippen LogP contribution in [0.2, 0.25) is 5.02 Å². The lowest BCUT2D eigenvalue weighted by Crippen LogP contribution is -2.15. The van der Waals surface area contributed by atoms with Crippen LogP contribution < -0.4 is 16.6 Å². The maximum Gasteiger partial charge on any atom is 0.258 e. The highest BCUT2D eigenvalue weighted by molar-refractivity contribution is 9.10. The lowest BCUT2D eigenvalue weighted by atomic mass is 10.2. The average molecular weight is 357 g/mol. The normalized spacial score (nSPS) is 10.2. The van der Waals surface area contributed by atoms with Crippen LogP contribution in [0.15, 0.2) is 28.9 Å². The third kappa shape index (κ3) is 3.24. The summed E-state index contributed by atoms with van der Waals surface area (Å²) in [6.07, 6.45) is 1.38. The molecule has 20 heavy (non-hydrogen) atoms. The molecule has 0 atom stereocenters. The predicted octanol–water partition coefficient (Wildman–Crippen LogP) is 2.74. The Bertz CT molecular complexity index is 664. The molecule has 0 saturated carbocycles. The first-order chi connectivity index (χ1) is 9.51. The van der Waals surface area contributed by atoms with Crippen LogP contribution in [0, 0.1) is 6.92 Å². The molecule has 0 aromatic carbocycles. The number of aryl methyl sites for hydroxylation is 1. The van der Waals surface area contributed by atoms with Gasteiger partial charge in [0.15, 0.2) is 5.82 Å². The van der Waals surface area contributed by atoms with Crippen LogP contribution in [0.1, 0.15) is 16.1 Å². The fourth-order valence-electron chi connectivity index (χ4n) is 1.47. The minimum absolute atomic E-state index is 0.264. The number of nitrogens with one attached hydrogen (secondary N) is 2. The molecule has 0 aliphatic rings. The zero-order valence-corrected chi connectivity index (χ0v) is 12.8. The Labute approximate surface area is 128 Å². The molecule has 2 heterocycles. The summed E-state index contributed by atoms with van der Waals surface area (Å²) in [4.78, 5) is 20.2. The number of pyridine rings is 2. The van der Waals surface area contributed by atoms with Crippen molar-refractivity contribution < 1.29 is 4.79 Å². The lowest BCUT2D eigenvalue weighted by Gasteiger charge is -2.07. The van der Waals surface area contributed by atoms with Crippen molar-refractivity contribution in [1.82, 2.24) is 9.97 Å². The number of hydrogen-bond donors (Lipinski definition) is 3. The number of anilines is 2. The number of amides is 1. The Morgan fingerprint density at radius 2 is 2.20 bits per heavy atom. The van der Waals surface area contributed by atoms with E-state index in [4.69, 9.17) is 17.4 Å². The minimum Gasteiger partial charge on any atom is -0.307 e.